The van der Waals surface area contributed by atoms with Crippen molar-refractivity contribution < 1.29 is 0 Å². The summed E-state index contributed by atoms with van der Waals surface area (Å²) in [5, 5.41) is 5.56. The lowest BCUT2D eigenvalue weighted by Gasteiger charge is -2.15. The normalized spacial score (nSPS) is 12.7. The molecule has 0 radical (unpaired) electrons. The summed E-state index contributed by atoms with van der Waals surface area (Å²) in [4.78, 5) is 4.34. The third kappa shape index (κ3) is 3.60. The van der Waals surface area contributed by atoms with Crippen molar-refractivity contribution in [1.82, 2.24) is 10.3 Å². The van der Waals surface area contributed by atoms with E-state index in [1.54, 1.807) is 11.3 Å². The van der Waals surface area contributed by atoms with Gasteiger partial charge in [0.1, 0.15) is 0 Å². The molecule has 1 rings (SSSR count). The molecule has 78 valence electrons. The lowest BCUT2D eigenvalue weighted by molar-refractivity contribution is 0.505. The number of aromatic nitrogens is 1. The summed E-state index contributed by atoms with van der Waals surface area (Å²) in [6.07, 6.45) is 2.15. The van der Waals surface area contributed by atoms with E-state index < -0.39 is 0 Å². The van der Waals surface area contributed by atoms with Crippen LogP contribution in [0.2, 0.25) is 0 Å². The van der Waals surface area contributed by atoms with Gasteiger partial charge in [0.05, 0.1) is 17.2 Å². The summed E-state index contributed by atoms with van der Waals surface area (Å²) in [6, 6.07) is 0.392. The van der Waals surface area contributed by atoms with Crippen LogP contribution < -0.4 is 5.32 Å². The van der Waals surface area contributed by atoms with E-state index in [0.717, 1.165) is 25.1 Å². The Morgan fingerprint density at radius 3 is 3.00 bits per heavy atom. The van der Waals surface area contributed by atoms with Crippen LogP contribution in [-0.4, -0.2) is 11.5 Å². The lowest BCUT2D eigenvalue weighted by Crippen LogP contribution is -2.21. The summed E-state index contributed by atoms with van der Waals surface area (Å²) in [5.41, 5.74) is 4.29. The largest absolute Gasteiger partial charge is 0.309 e. The van der Waals surface area contributed by atoms with Crippen molar-refractivity contribution in [2.45, 2.75) is 32.7 Å². The number of hydrogen-bond acceptors (Lipinski definition) is 3. The molecular weight excluding hydrogens is 192 g/mol. The van der Waals surface area contributed by atoms with E-state index >= 15 is 0 Å². The Bertz CT molecular complexity index is 267. The zero-order chi connectivity index (χ0) is 10.4. The van der Waals surface area contributed by atoms with Gasteiger partial charge in [-0.1, -0.05) is 12.5 Å². The Morgan fingerprint density at radius 2 is 2.50 bits per heavy atom. The molecule has 0 amide bonds. The number of nitrogens with one attached hydrogen (secondary N) is 1. The van der Waals surface area contributed by atoms with E-state index in [1.165, 1.54) is 5.57 Å². The van der Waals surface area contributed by atoms with Crippen molar-refractivity contribution >= 4 is 11.3 Å². The molecule has 2 nitrogen and oxygen atoms in total. The van der Waals surface area contributed by atoms with Gasteiger partial charge >= 0.3 is 0 Å². The highest BCUT2D eigenvalue weighted by Gasteiger charge is 2.11. The standard InChI is InChI=1S/C11H18N2S/c1-4-12-10(6-5-9(2)3)11-7-14-8-13-11/h7-8,10,12H,2,4-6H2,1,3H3. The minimum atomic E-state index is 0.392. The first kappa shape index (κ1) is 11.4. The van der Waals surface area contributed by atoms with Gasteiger partial charge in [-0.2, -0.15) is 0 Å². The smallest absolute Gasteiger partial charge is 0.0795 e. The Morgan fingerprint density at radius 1 is 1.71 bits per heavy atom. The Labute approximate surface area is 90.1 Å². The second-order valence-corrected chi connectivity index (χ2v) is 4.24. The number of hydrogen-bond donors (Lipinski definition) is 1. The highest BCUT2D eigenvalue weighted by atomic mass is 32.1. The molecule has 3 heteroatoms. The minimum Gasteiger partial charge on any atom is -0.309 e. The first-order valence-electron chi connectivity index (χ1n) is 5.00. The Balaban J connectivity index is 2.51. The van der Waals surface area contributed by atoms with E-state index in [0.29, 0.717) is 6.04 Å². The molecule has 0 aromatic carbocycles. The van der Waals surface area contributed by atoms with Crippen molar-refractivity contribution in [3.05, 3.63) is 28.7 Å². The molecule has 0 aliphatic carbocycles. The van der Waals surface area contributed by atoms with E-state index in [2.05, 4.69) is 36.1 Å². The van der Waals surface area contributed by atoms with Gasteiger partial charge in [0.15, 0.2) is 0 Å². The number of thiazole rings is 1. The van der Waals surface area contributed by atoms with Gasteiger partial charge in [0.25, 0.3) is 0 Å². The molecule has 14 heavy (non-hydrogen) atoms. The second kappa shape index (κ2) is 5.94. The summed E-state index contributed by atoms with van der Waals surface area (Å²) < 4.78 is 0. The van der Waals surface area contributed by atoms with Crippen molar-refractivity contribution in [3.8, 4) is 0 Å². The van der Waals surface area contributed by atoms with E-state index in [1.807, 2.05) is 5.51 Å². The maximum absolute atomic E-state index is 4.34. The molecule has 1 unspecified atom stereocenters. The van der Waals surface area contributed by atoms with Crippen LogP contribution in [-0.2, 0) is 0 Å². The molecule has 1 heterocycles. The minimum absolute atomic E-state index is 0.392. The second-order valence-electron chi connectivity index (χ2n) is 3.52. The Kier molecular flexibility index (Phi) is 4.84. The summed E-state index contributed by atoms with van der Waals surface area (Å²) in [6.45, 7) is 9.11. The van der Waals surface area contributed by atoms with Crippen LogP contribution in [0.3, 0.4) is 0 Å². The number of allylic oxidation sites excluding steroid dienone is 1. The highest BCUT2D eigenvalue weighted by Crippen LogP contribution is 2.19. The molecule has 0 aliphatic heterocycles. The average molecular weight is 210 g/mol. The van der Waals surface area contributed by atoms with Crippen molar-refractivity contribution in [2.24, 2.45) is 0 Å². The van der Waals surface area contributed by atoms with E-state index in [9.17, 15) is 0 Å². The quantitative estimate of drug-likeness (QED) is 0.730. The monoisotopic (exact) mass is 210 g/mol. The summed E-state index contributed by atoms with van der Waals surface area (Å²) in [5.74, 6) is 0. The van der Waals surface area contributed by atoms with Gasteiger partial charge in [-0.05, 0) is 26.3 Å². The fraction of sp³-hybridized carbons (Fsp3) is 0.545. The van der Waals surface area contributed by atoms with E-state index in [4.69, 9.17) is 0 Å². The summed E-state index contributed by atoms with van der Waals surface area (Å²) >= 11 is 1.65. The fourth-order valence-electron chi connectivity index (χ4n) is 1.39. The SMILES string of the molecule is C=C(C)CCC(NCC)c1cscn1. The van der Waals surface area contributed by atoms with Crippen LogP contribution >= 0.6 is 11.3 Å². The fourth-order valence-corrected chi connectivity index (χ4v) is 1.99. The van der Waals surface area contributed by atoms with Gasteiger partial charge in [-0.3, -0.25) is 0 Å². The molecular formula is C11H18N2S. The van der Waals surface area contributed by atoms with Gasteiger partial charge in [-0.25, -0.2) is 4.98 Å². The van der Waals surface area contributed by atoms with Crippen LogP contribution in [0, 0.1) is 0 Å². The zero-order valence-corrected chi connectivity index (χ0v) is 9.73. The van der Waals surface area contributed by atoms with Crippen LogP contribution in [0.15, 0.2) is 23.0 Å². The molecule has 0 saturated carbocycles. The highest BCUT2D eigenvalue weighted by molar-refractivity contribution is 7.07. The maximum atomic E-state index is 4.34. The summed E-state index contributed by atoms with van der Waals surface area (Å²) in [7, 11) is 0. The molecule has 1 aromatic heterocycles. The van der Waals surface area contributed by atoms with Crippen LogP contribution in [0.4, 0.5) is 0 Å². The predicted octanol–water partition coefficient (Wildman–Crippen LogP) is 3.15. The predicted molar refractivity (Wildman–Crippen MR) is 62.6 cm³/mol. The first-order valence-corrected chi connectivity index (χ1v) is 5.94. The maximum Gasteiger partial charge on any atom is 0.0795 e. The third-order valence-corrected chi connectivity index (χ3v) is 2.72. The van der Waals surface area contributed by atoms with E-state index in [-0.39, 0.29) is 0 Å². The third-order valence-electron chi connectivity index (χ3n) is 2.12. The topological polar surface area (TPSA) is 24.9 Å². The first-order chi connectivity index (χ1) is 6.74. The number of nitrogens with zero attached hydrogens (tertiary/aromatic N) is 1. The molecule has 1 aromatic rings. The molecule has 0 spiro atoms. The molecule has 0 fully saturated rings. The lowest BCUT2D eigenvalue weighted by atomic mass is 10.1. The van der Waals surface area contributed by atoms with Crippen molar-refractivity contribution in [2.75, 3.05) is 6.54 Å². The molecule has 0 bridgehead atoms. The van der Waals surface area contributed by atoms with Crippen LogP contribution in [0.1, 0.15) is 38.4 Å². The molecule has 1 atom stereocenters. The van der Waals surface area contributed by atoms with Crippen LogP contribution in [0.5, 0.6) is 0 Å². The number of rotatable bonds is 6. The molecule has 1 N–H and O–H groups in total. The zero-order valence-electron chi connectivity index (χ0n) is 8.92. The van der Waals surface area contributed by atoms with Crippen molar-refractivity contribution in [1.29, 1.82) is 0 Å². The van der Waals surface area contributed by atoms with Gasteiger partial charge in [0.2, 0.25) is 0 Å². The van der Waals surface area contributed by atoms with Crippen LogP contribution in [0.25, 0.3) is 0 Å². The average Bonchev–Trinajstić information content (AvgIpc) is 2.64. The van der Waals surface area contributed by atoms with Gasteiger partial charge in [-0.15, -0.1) is 17.9 Å². The molecule has 0 saturated heterocycles. The Hall–Kier alpha value is -0.670. The van der Waals surface area contributed by atoms with Gasteiger partial charge in [0, 0.05) is 5.38 Å². The van der Waals surface area contributed by atoms with Gasteiger partial charge < -0.3 is 5.32 Å². The molecule has 0 aliphatic rings. The van der Waals surface area contributed by atoms with Crippen molar-refractivity contribution in [3.63, 3.8) is 0 Å².